The zero-order valence-corrected chi connectivity index (χ0v) is 9.32. The van der Waals surface area contributed by atoms with Crippen LogP contribution in [0.1, 0.15) is 12.8 Å². The predicted octanol–water partition coefficient (Wildman–Crippen LogP) is 0.189. The van der Waals surface area contributed by atoms with Crippen LogP contribution in [0, 0.1) is 0 Å². The molecule has 3 amide bonds. The molecule has 0 aliphatic carbocycles. The van der Waals surface area contributed by atoms with E-state index in [4.69, 9.17) is 0 Å². The maximum absolute atomic E-state index is 11.5. The highest BCUT2D eigenvalue weighted by atomic mass is 16.2. The number of rotatable bonds is 2. The summed E-state index contributed by atoms with van der Waals surface area (Å²) in [5.74, 6) is -0.0377. The number of nitrogens with zero attached hydrogens (tertiary/aromatic N) is 2. The third kappa shape index (κ3) is 2.03. The summed E-state index contributed by atoms with van der Waals surface area (Å²) in [5, 5.41) is 2.79. The maximum atomic E-state index is 11.5. The summed E-state index contributed by atoms with van der Waals surface area (Å²) in [6.07, 6.45) is 3.27. The van der Waals surface area contributed by atoms with E-state index in [2.05, 4.69) is 11.9 Å². The first-order chi connectivity index (χ1) is 7.72. The molecular formula is C11H17N3O2. The van der Waals surface area contributed by atoms with Crippen molar-refractivity contribution in [1.29, 1.82) is 0 Å². The zero-order valence-electron chi connectivity index (χ0n) is 9.32. The van der Waals surface area contributed by atoms with E-state index in [-0.39, 0.29) is 18.0 Å². The molecule has 2 saturated heterocycles. The van der Waals surface area contributed by atoms with Gasteiger partial charge in [0.05, 0.1) is 6.04 Å². The summed E-state index contributed by atoms with van der Waals surface area (Å²) in [4.78, 5) is 26.6. The first-order valence-electron chi connectivity index (χ1n) is 5.68. The second-order valence-corrected chi connectivity index (χ2v) is 4.21. The van der Waals surface area contributed by atoms with Crippen LogP contribution in [-0.2, 0) is 4.79 Å². The maximum Gasteiger partial charge on any atom is 0.317 e. The topological polar surface area (TPSA) is 52.7 Å². The second kappa shape index (κ2) is 4.55. The molecule has 2 rings (SSSR count). The minimum atomic E-state index is -0.0377. The van der Waals surface area contributed by atoms with E-state index in [9.17, 15) is 9.59 Å². The van der Waals surface area contributed by atoms with Crippen LogP contribution in [-0.4, -0.2) is 54.0 Å². The molecule has 0 aromatic heterocycles. The zero-order chi connectivity index (χ0) is 11.5. The van der Waals surface area contributed by atoms with Crippen LogP contribution in [0.2, 0.25) is 0 Å². The number of carbonyl (C=O) groups is 2. The number of hydrogen-bond donors (Lipinski definition) is 1. The van der Waals surface area contributed by atoms with E-state index in [1.165, 1.54) is 6.08 Å². The van der Waals surface area contributed by atoms with Crippen molar-refractivity contribution >= 4 is 11.9 Å². The lowest BCUT2D eigenvalue weighted by atomic mass is 10.0. The molecule has 0 bridgehead atoms. The smallest absolute Gasteiger partial charge is 0.317 e. The van der Waals surface area contributed by atoms with E-state index in [0.29, 0.717) is 13.1 Å². The number of piperidine rings is 1. The Bertz CT molecular complexity index is 316. The van der Waals surface area contributed by atoms with Crippen molar-refractivity contribution in [3.05, 3.63) is 12.7 Å². The van der Waals surface area contributed by atoms with Gasteiger partial charge in [-0.1, -0.05) is 6.58 Å². The van der Waals surface area contributed by atoms with Gasteiger partial charge in [0.1, 0.15) is 0 Å². The third-order valence-corrected chi connectivity index (χ3v) is 3.21. The fourth-order valence-electron chi connectivity index (χ4n) is 2.37. The standard InChI is InChI=1S/C11H17N3O2/c1-2-10(15)13-6-3-4-9(8-13)14-7-5-12-11(14)16/h2,9H,1,3-8H2,(H,12,16). The quantitative estimate of drug-likeness (QED) is 0.679. The molecule has 1 atom stereocenters. The minimum Gasteiger partial charge on any atom is -0.337 e. The van der Waals surface area contributed by atoms with Crippen molar-refractivity contribution in [2.75, 3.05) is 26.2 Å². The van der Waals surface area contributed by atoms with Gasteiger partial charge >= 0.3 is 6.03 Å². The van der Waals surface area contributed by atoms with Gasteiger partial charge in [0, 0.05) is 26.2 Å². The normalized spacial score (nSPS) is 25.5. The van der Waals surface area contributed by atoms with Gasteiger partial charge in [-0.2, -0.15) is 0 Å². The van der Waals surface area contributed by atoms with Crippen LogP contribution < -0.4 is 5.32 Å². The molecule has 1 N–H and O–H groups in total. The Morgan fingerprint density at radius 2 is 2.31 bits per heavy atom. The molecule has 88 valence electrons. The highest BCUT2D eigenvalue weighted by Gasteiger charge is 2.32. The third-order valence-electron chi connectivity index (χ3n) is 3.21. The summed E-state index contributed by atoms with van der Waals surface area (Å²) >= 11 is 0. The average molecular weight is 223 g/mol. The molecule has 0 aromatic carbocycles. The number of urea groups is 1. The van der Waals surface area contributed by atoms with Gasteiger partial charge in [-0.15, -0.1) is 0 Å². The second-order valence-electron chi connectivity index (χ2n) is 4.21. The van der Waals surface area contributed by atoms with E-state index in [1.807, 2.05) is 4.90 Å². The molecule has 2 fully saturated rings. The van der Waals surface area contributed by atoms with Gasteiger partial charge in [-0.3, -0.25) is 4.79 Å². The molecule has 1 unspecified atom stereocenters. The molecule has 2 aliphatic rings. The molecular weight excluding hydrogens is 206 g/mol. The molecule has 5 heteroatoms. The van der Waals surface area contributed by atoms with Gasteiger partial charge in [0.15, 0.2) is 0 Å². The number of hydrogen-bond acceptors (Lipinski definition) is 2. The van der Waals surface area contributed by atoms with Crippen LogP contribution in [0.4, 0.5) is 4.79 Å². The van der Waals surface area contributed by atoms with E-state index >= 15 is 0 Å². The summed E-state index contributed by atoms with van der Waals surface area (Å²) < 4.78 is 0. The number of likely N-dealkylation sites (tertiary alicyclic amines) is 1. The van der Waals surface area contributed by atoms with Gasteiger partial charge in [-0.25, -0.2) is 4.79 Å². The number of carbonyl (C=O) groups excluding carboxylic acids is 2. The van der Waals surface area contributed by atoms with Gasteiger partial charge in [0.25, 0.3) is 0 Å². The predicted molar refractivity (Wildman–Crippen MR) is 59.9 cm³/mol. The Kier molecular flexibility index (Phi) is 3.12. The Morgan fingerprint density at radius 3 is 2.94 bits per heavy atom. The molecule has 16 heavy (non-hydrogen) atoms. The monoisotopic (exact) mass is 223 g/mol. The first kappa shape index (κ1) is 11.0. The summed E-state index contributed by atoms with van der Waals surface area (Å²) in [6.45, 7) is 6.36. The Morgan fingerprint density at radius 1 is 1.50 bits per heavy atom. The van der Waals surface area contributed by atoms with Crippen molar-refractivity contribution in [2.24, 2.45) is 0 Å². The summed E-state index contributed by atoms with van der Waals surface area (Å²) in [6, 6.07) is 0.165. The van der Waals surface area contributed by atoms with Crippen molar-refractivity contribution in [1.82, 2.24) is 15.1 Å². The highest BCUT2D eigenvalue weighted by molar-refractivity contribution is 5.87. The average Bonchev–Trinajstić information content (AvgIpc) is 2.74. The lowest BCUT2D eigenvalue weighted by Gasteiger charge is -2.36. The lowest BCUT2D eigenvalue weighted by Crippen LogP contribution is -2.50. The van der Waals surface area contributed by atoms with Crippen LogP contribution in [0.15, 0.2) is 12.7 Å². The minimum absolute atomic E-state index is 0.00194. The van der Waals surface area contributed by atoms with Crippen molar-refractivity contribution in [3.63, 3.8) is 0 Å². The SMILES string of the molecule is C=CC(=O)N1CCCC(N2CCNC2=O)C1. The fraction of sp³-hybridized carbons (Fsp3) is 0.636. The Labute approximate surface area is 95.1 Å². The molecule has 0 saturated carbocycles. The molecule has 0 spiro atoms. The van der Waals surface area contributed by atoms with Gasteiger partial charge < -0.3 is 15.1 Å². The summed E-state index contributed by atoms with van der Waals surface area (Å²) in [5.41, 5.74) is 0. The number of amides is 3. The molecule has 0 aromatic rings. The van der Waals surface area contributed by atoms with Crippen LogP contribution in [0.5, 0.6) is 0 Å². The van der Waals surface area contributed by atoms with Gasteiger partial charge in [-0.05, 0) is 18.9 Å². The van der Waals surface area contributed by atoms with E-state index in [0.717, 1.165) is 25.9 Å². The molecule has 2 heterocycles. The van der Waals surface area contributed by atoms with Crippen molar-refractivity contribution in [3.8, 4) is 0 Å². The largest absolute Gasteiger partial charge is 0.337 e. The van der Waals surface area contributed by atoms with E-state index in [1.54, 1.807) is 4.90 Å². The number of nitrogens with one attached hydrogen (secondary N) is 1. The summed E-state index contributed by atoms with van der Waals surface area (Å²) in [7, 11) is 0. The van der Waals surface area contributed by atoms with Gasteiger partial charge in [0.2, 0.25) is 5.91 Å². The lowest BCUT2D eigenvalue weighted by molar-refractivity contribution is -0.127. The molecule has 0 radical (unpaired) electrons. The van der Waals surface area contributed by atoms with Crippen LogP contribution in [0.3, 0.4) is 0 Å². The van der Waals surface area contributed by atoms with E-state index < -0.39 is 0 Å². The Hall–Kier alpha value is -1.52. The Balaban J connectivity index is 1.98. The highest BCUT2D eigenvalue weighted by Crippen LogP contribution is 2.17. The molecule has 2 aliphatic heterocycles. The van der Waals surface area contributed by atoms with Crippen LogP contribution in [0.25, 0.3) is 0 Å². The molecule has 5 nitrogen and oxygen atoms in total. The van der Waals surface area contributed by atoms with Crippen LogP contribution >= 0.6 is 0 Å². The van der Waals surface area contributed by atoms with Crippen molar-refractivity contribution in [2.45, 2.75) is 18.9 Å². The van der Waals surface area contributed by atoms with Crippen molar-refractivity contribution < 1.29 is 9.59 Å². The fourth-order valence-corrected chi connectivity index (χ4v) is 2.37. The first-order valence-corrected chi connectivity index (χ1v) is 5.68.